The minimum Gasteiger partial charge on any atom is -0.339 e. The molecule has 3 amide bonds. The standard InChI is InChI=1S/C17H18FN3O3S/c1-19-6-8-20(9-7-19)15(22)11-21-16(23)14(25-17(21)24)10-12-4-2-3-5-13(12)18/h2-5,10H,6-9,11H2,1H3. The second kappa shape index (κ2) is 7.37. The van der Waals surface area contributed by atoms with Gasteiger partial charge in [0.25, 0.3) is 11.1 Å². The molecule has 0 unspecified atom stereocenters. The van der Waals surface area contributed by atoms with Gasteiger partial charge in [-0.1, -0.05) is 18.2 Å². The molecule has 0 radical (unpaired) electrons. The van der Waals surface area contributed by atoms with Gasteiger partial charge in [-0.15, -0.1) is 0 Å². The van der Waals surface area contributed by atoms with Crippen molar-refractivity contribution in [1.82, 2.24) is 14.7 Å². The highest BCUT2D eigenvalue weighted by Gasteiger charge is 2.37. The van der Waals surface area contributed by atoms with E-state index < -0.39 is 17.0 Å². The Hall–Kier alpha value is -2.19. The Balaban J connectivity index is 1.69. The van der Waals surface area contributed by atoms with Crippen molar-refractivity contribution in [3.63, 3.8) is 0 Å². The van der Waals surface area contributed by atoms with Crippen molar-refractivity contribution >= 4 is 34.9 Å². The van der Waals surface area contributed by atoms with Crippen LogP contribution in [-0.2, 0) is 9.59 Å². The number of hydrogen-bond acceptors (Lipinski definition) is 5. The lowest BCUT2D eigenvalue weighted by atomic mass is 10.2. The lowest BCUT2D eigenvalue weighted by Crippen LogP contribution is -2.50. The number of rotatable bonds is 3. The average molecular weight is 363 g/mol. The predicted molar refractivity (Wildman–Crippen MR) is 93.2 cm³/mol. The van der Waals surface area contributed by atoms with Crippen LogP contribution in [0, 0.1) is 5.82 Å². The molecule has 0 atom stereocenters. The van der Waals surface area contributed by atoms with Gasteiger partial charge in [0.2, 0.25) is 5.91 Å². The van der Waals surface area contributed by atoms with Crippen molar-refractivity contribution in [3.8, 4) is 0 Å². The average Bonchev–Trinajstić information content (AvgIpc) is 2.85. The first-order valence-electron chi connectivity index (χ1n) is 7.92. The zero-order valence-electron chi connectivity index (χ0n) is 13.8. The zero-order valence-corrected chi connectivity index (χ0v) is 14.6. The minimum absolute atomic E-state index is 0.126. The monoisotopic (exact) mass is 363 g/mol. The summed E-state index contributed by atoms with van der Waals surface area (Å²) in [6, 6.07) is 6.01. The number of carbonyl (C=O) groups excluding carboxylic acids is 3. The van der Waals surface area contributed by atoms with Gasteiger partial charge in [0, 0.05) is 31.7 Å². The fourth-order valence-corrected chi connectivity index (χ4v) is 3.49. The molecule has 2 heterocycles. The lowest BCUT2D eigenvalue weighted by molar-refractivity contribution is -0.137. The third-order valence-electron chi connectivity index (χ3n) is 4.21. The Kier molecular flexibility index (Phi) is 5.19. The normalized spacial score (nSPS) is 20.6. The van der Waals surface area contributed by atoms with E-state index in [0.29, 0.717) is 13.1 Å². The summed E-state index contributed by atoms with van der Waals surface area (Å²) >= 11 is 0.727. The number of nitrogens with zero attached hydrogens (tertiary/aromatic N) is 3. The summed E-state index contributed by atoms with van der Waals surface area (Å²) in [7, 11) is 1.98. The topological polar surface area (TPSA) is 60.9 Å². The van der Waals surface area contributed by atoms with Crippen LogP contribution in [0.5, 0.6) is 0 Å². The molecule has 2 fully saturated rings. The highest BCUT2D eigenvalue weighted by molar-refractivity contribution is 8.18. The molecule has 2 aliphatic heterocycles. The molecule has 1 aromatic carbocycles. The second-order valence-corrected chi connectivity index (χ2v) is 6.97. The Bertz CT molecular complexity index is 744. The molecule has 25 heavy (non-hydrogen) atoms. The molecule has 8 heteroatoms. The van der Waals surface area contributed by atoms with Crippen LogP contribution in [-0.4, -0.2) is 71.5 Å². The minimum atomic E-state index is -0.555. The molecule has 0 aromatic heterocycles. The zero-order chi connectivity index (χ0) is 18.0. The van der Waals surface area contributed by atoms with Crippen molar-refractivity contribution in [3.05, 3.63) is 40.6 Å². The summed E-state index contributed by atoms with van der Waals surface area (Å²) in [6.45, 7) is 2.41. The van der Waals surface area contributed by atoms with Gasteiger partial charge in [0.15, 0.2) is 0 Å². The van der Waals surface area contributed by atoms with E-state index in [4.69, 9.17) is 0 Å². The summed E-state index contributed by atoms with van der Waals surface area (Å²) in [5, 5.41) is -0.505. The van der Waals surface area contributed by atoms with Crippen molar-refractivity contribution in [1.29, 1.82) is 0 Å². The number of benzene rings is 1. The Morgan fingerprint density at radius 3 is 2.56 bits per heavy atom. The first kappa shape index (κ1) is 17.6. The molecule has 1 aromatic rings. The van der Waals surface area contributed by atoms with Gasteiger partial charge in [-0.2, -0.15) is 0 Å². The molecular formula is C17H18FN3O3S. The summed E-state index contributed by atoms with van der Waals surface area (Å²) in [6.07, 6.45) is 1.35. The van der Waals surface area contributed by atoms with Crippen LogP contribution in [0.15, 0.2) is 29.2 Å². The Morgan fingerprint density at radius 2 is 1.88 bits per heavy atom. The number of thioether (sulfide) groups is 1. The van der Waals surface area contributed by atoms with Crippen molar-refractivity contribution in [2.24, 2.45) is 0 Å². The van der Waals surface area contributed by atoms with E-state index in [1.807, 2.05) is 7.05 Å². The highest BCUT2D eigenvalue weighted by atomic mass is 32.2. The molecule has 0 saturated carbocycles. The van der Waals surface area contributed by atoms with Crippen LogP contribution in [0.25, 0.3) is 6.08 Å². The molecule has 132 valence electrons. The number of imide groups is 1. The van der Waals surface area contributed by atoms with Gasteiger partial charge in [0.05, 0.1) is 4.91 Å². The fraction of sp³-hybridized carbons (Fsp3) is 0.353. The Labute approximate surface area is 149 Å². The predicted octanol–water partition coefficient (Wildman–Crippen LogP) is 1.64. The van der Waals surface area contributed by atoms with Crippen molar-refractivity contribution in [2.75, 3.05) is 39.8 Å². The number of halogens is 1. The van der Waals surface area contributed by atoms with Gasteiger partial charge in [-0.05, 0) is 31.0 Å². The van der Waals surface area contributed by atoms with Crippen LogP contribution in [0.2, 0.25) is 0 Å². The third kappa shape index (κ3) is 3.91. The third-order valence-corrected chi connectivity index (χ3v) is 5.12. The summed E-state index contributed by atoms with van der Waals surface area (Å²) in [5.74, 6) is -1.27. The number of amides is 3. The quantitative estimate of drug-likeness (QED) is 0.764. The smallest absolute Gasteiger partial charge is 0.294 e. The van der Waals surface area contributed by atoms with Crippen LogP contribution < -0.4 is 0 Å². The van der Waals surface area contributed by atoms with E-state index in [-0.39, 0.29) is 22.9 Å². The number of carbonyl (C=O) groups is 3. The SMILES string of the molecule is CN1CCN(C(=O)CN2C(=O)SC(=Cc3ccccc3F)C2=O)CC1. The maximum atomic E-state index is 13.7. The van der Waals surface area contributed by atoms with E-state index in [1.54, 1.807) is 17.0 Å². The van der Waals surface area contributed by atoms with Gasteiger partial charge in [-0.3, -0.25) is 19.3 Å². The maximum Gasteiger partial charge on any atom is 0.294 e. The van der Waals surface area contributed by atoms with Crippen LogP contribution in [0.3, 0.4) is 0 Å². The van der Waals surface area contributed by atoms with Crippen molar-refractivity contribution < 1.29 is 18.8 Å². The molecule has 3 rings (SSSR count). The molecule has 2 saturated heterocycles. The van der Waals surface area contributed by atoms with Gasteiger partial charge >= 0.3 is 0 Å². The molecular weight excluding hydrogens is 345 g/mol. The molecule has 0 N–H and O–H groups in total. The maximum absolute atomic E-state index is 13.7. The summed E-state index contributed by atoms with van der Waals surface area (Å²) in [5.41, 5.74) is 0.235. The van der Waals surface area contributed by atoms with E-state index >= 15 is 0 Å². The molecule has 0 aliphatic carbocycles. The number of piperazine rings is 1. The first-order chi connectivity index (χ1) is 12.0. The van der Waals surface area contributed by atoms with E-state index in [1.165, 1.54) is 18.2 Å². The molecule has 2 aliphatic rings. The van der Waals surface area contributed by atoms with E-state index in [9.17, 15) is 18.8 Å². The summed E-state index contributed by atoms with van der Waals surface area (Å²) < 4.78 is 13.7. The van der Waals surface area contributed by atoms with E-state index in [0.717, 1.165) is 29.8 Å². The Morgan fingerprint density at radius 1 is 1.20 bits per heavy atom. The van der Waals surface area contributed by atoms with Gasteiger partial charge in [0.1, 0.15) is 12.4 Å². The number of likely N-dealkylation sites (N-methyl/N-ethyl adjacent to an activating group) is 1. The highest BCUT2D eigenvalue weighted by Crippen LogP contribution is 2.32. The number of hydrogen-bond donors (Lipinski definition) is 0. The van der Waals surface area contributed by atoms with Gasteiger partial charge in [-0.25, -0.2) is 4.39 Å². The second-order valence-electron chi connectivity index (χ2n) is 5.97. The molecule has 0 bridgehead atoms. The van der Waals surface area contributed by atoms with Crippen LogP contribution in [0.4, 0.5) is 9.18 Å². The van der Waals surface area contributed by atoms with Crippen molar-refractivity contribution in [2.45, 2.75) is 0 Å². The fourth-order valence-electron chi connectivity index (χ4n) is 2.66. The lowest BCUT2D eigenvalue weighted by Gasteiger charge is -2.33. The largest absolute Gasteiger partial charge is 0.339 e. The van der Waals surface area contributed by atoms with Crippen LogP contribution in [0.1, 0.15) is 5.56 Å². The molecule has 6 nitrogen and oxygen atoms in total. The summed E-state index contributed by atoms with van der Waals surface area (Å²) in [4.78, 5) is 41.7. The van der Waals surface area contributed by atoms with Gasteiger partial charge < -0.3 is 9.80 Å². The first-order valence-corrected chi connectivity index (χ1v) is 8.73. The van der Waals surface area contributed by atoms with E-state index in [2.05, 4.69) is 4.90 Å². The van der Waals surface area contributed by atoms with Crippen LogP contribution >= 0.6 is 11.8 Å². The molecule has 0 spiro atoms.